The summed E-state index contributed by atoms with van der Waals surface area (Å²) in [5, 5.41) is 10.7. The molecule has 0 aromatic carbocycles. The van der Waals surface area contributed by atoms with E-state index in [2.05, 4.69) is 0 Å². The first-order valence-electron chi connectivity index (χ1n) is 6.67. The molecule has 1 aromatic rings. The number of hydrogen-bond donors (Lipinski definition) is 1. The van der Waals surface area contributed by atoms with Crippen LogP contribution in [0.1, 0.15) is 13.3 Å². The summed E-state index contributed by atoms with van der Waals surface area (Å²) in [5.41, 5.74) is 4.95. The Labute approximate surface area is 133 Å². The van der Waals surface area contributed by atoms with Crippen molar-refractivity contribution < 1.29 is 9.72 Å². The highest BCUT2D eigenvalue weighted by Crippen LogP contribution is 2.28. The second kappa shape index (κ2) is 6.89. The lowest BCUT2D eigenvalue weighted by Crippen LogP contribution is -2.37. The van der Waals surface area contributed by atoms with E-state index in [1.54, 1.807) is 4.90 Å². The van der Waals surface area contributed by atoms with E-state index in [0.717, 1.165) is 29.3 Å². The molecule has 1 aromatic heterocycles. The fourth-order valence-corrected chi connectivity index (χ4v) is 2.40. The Kier molecular flexibility index (Phi) is 5.67. The van der Waals surface area contributed by atoms with Crippen LogP contribution in [-0.4, -0.2) is 39.9 Å². The number of likely N-dealkylation sites (tertiary alicyclic amines) is 1. The molecule has 2 rings (SSSR count). The van der Waals surface area contributed by atoms with Gasteiger partial charge in [0.1, 0.15) is 6.54 Å². The van der Waals surface area contributed by atoms with Crippen molar-refractivity contribution in [2.75, 3.05) is 19.6 Å². The fraction of sp³-hybridized carbons (Fsp3) is 0.538. The predicted octanol–water partition coefficient (Wildman–Crippen LogP) is 0.376. The lowest BCUT2D eigenvalue weighted by atomic mass is 9.90. The van der Waals surface area contributed by atoms with E-state index < -0.39 is 10.5 Å². The third-order valence-corrected chi connectivity index (χ3v) is 3.89. The maximum Gasteiger partial charge on any atom is 0.285 e. The monoisotopic (exact) mass is 330 g/mol. The molecular weight excluding hydrogens is 312 g/mol. The molecule has 1 aliphatic rings. The van der Waals surface area contributed by atoms with Crippen molar-refractivity contribution in [3.05, 3.63) is 38.8 Å². The number of aromatic nitrogens is 1. The number of pyridine rings is 1. The van der Waals surface area contributed by atoms with Crippen molar-refractivity contribution in [2.45, 2.75) is 19.9 Å². The van der Waals surface area contributed by atoms with Gasteiger partial charge in [-0.25, -0.2) is 0 Å². The number of nitrogens with zero attached hydrogens (tertiary/aromatic N) is 3. The minimum absolute atomic E-state index is 0. The maximum atomic E-state index is 12.2. The van der Waals surface area contributed by atoms with Gasteiger partial charge in [-0.3, -0.25) is 24.3 Å². The van der Waals surface area contributed by atoms with Gasteiger partial charge in [-0.1, -0.05) is 6.92 Å². The van der Waals surface area contributed by atoms with Crippen LogP contribution in [0.3, 0.4) is 0 Å². The average Bonchev–Trinajstić information content (AvgIpc) is 2.84. The van der Waals surface area contributed by atoms with Crippen LogP contribution in [0.2, 0.25) is 0 Å². The zero-order chi connectivity index (χ0) is 15.6. The minimum atomic E-state index is -0.595. The minimum Gasteiger partial charge on any atom is -0.341 e. The third-order valence-electron chi connectivity index (χ3n) is 3.89. The largest absolute Gasteiger partial charge is 0.341 e. The second-order valence-electron chi connectivity index (χ2n) is 5.69. The van der Waals surface area contributed by atoms with Crippen molar-refractivity contribution in [3.63, 3.8) is 0 Å². The quantitative estimate of drug-likeness (QED) is 0.633. The van der Waals surface area contributed by atoms with E-state index in [1.807, 2.05) is 6.92 Å². The summed E-state index contributed by atoms with van der Waals surface area (Å²) in [6.45, 7) is 3.46. The lowest BCUT2D eigenvalue weighted by molar-refractivity contribution is -0.385. The van der Waals surface area contributed by atoms with Gasteiger partial charge in [0.2, 0.25) is 5.91 Å². The molecule has 22 heavy (non-hydrogen) atoms. The Hall–Kier alpha value is -1.93. The molecule has 1 amide bonds. The topological polar surface area (TPSA) is 111 Å². The first kappa shape index (κ1) is 18.1. The van der Waals surface area contributed by atoms with Crippen LogP contribution in [0.5, 0.6) is 0 Å². The summed E-state index contributed by atoms with van der Waals surface area (Å²) in [6, 6.07) is 2.23. The van der Waals surface area contributed by atoms with Gasteiger partial charge in [-0.2, -0.15) is 0 Å². The van der Waals surface area contributed by atoms with Gasteiger partial charge >= 0.3 is 0 Å². The number of carbonyl (C=O) groups excluding carboxylic acids is 1. The molecule has 0 bridgehead atoms. The SMILES string of the molecule is CC1(CN)CCN(C(=O)Cn2cc([N+](=O)[O-])ccc2=O)C1.Cl. The molecule has 122 valence electrons. The first-order chi connectivity index (χ1) is 9.84. The Morgan fingerprint density at radius 3 is 2.73 bits per heavy atom. The number of nitrogens with two attached hydrogens (primary N) is 1. The number of nitro groups is 1. The molecule has 2 heterocycles. The van der Waals surface area contributed by atoms with Crippen LogP contribution in [0.25, 0.3) is 0 Å². The molecule has 0 saturated carbocycles. The molecule has 1 unspecified atom stereocenters. The Morgan fingerprint density at radius 1 is 1.50 bits per heavy atom. The summed E-state index contributed by atoms with van der Waals surface area (Å²) in [4.78, 5) is 35.7. The van der Waals surface area contributed by atoms with Gasteiger partial charge in [0.05, 0.1) is 11.1 Å². The molecule has 9 heteroatoms. The van der Waals surface area contributed by atoms with Gasteiger partial charge in [-0.05, 0) is 18.4 Å². The normalized spacial score (nSPS) is 20.5. The standard InChI is InChI=1S/C13H18N4O4.ClH/c1-13(8-14)4-5-15(9-13)12(19)7-16-6-10(17(20)21)2-3-11(16)18;/h2-3,6H,4-5,7-9,14H2,1H3;1H. The predicted molar refractivity (Wildman–Crippen MR) is 83.0 cm³/mol. The highest BCUT2D eigenvalue weighted by Gasteiger charge is 2.34. The molecule has 1 aliphatic heterocycles. The molecule has 1 saturated heterocycles. The molecule has 2 N–H and O–H groups in total. The molecule has 1 atom stereocenters. The van der Waals surface area contributed by atoms with E-state index in [1.165, 1.54) is 0 Å². The van der Waals surface area contributed by atoms with E-state index in [-0.39, 0.29) is 36.0 Å². The number of hydrogen-bond acceptors (Lipinski definition) is 5. The van der Waals surface area contributed by atoms with Crippen molar-refractivity contribution >= 4 is 24.0 Å². The summed E-state index contributed by atoms with van der Waals surface area (Å²) in [6.07, 6.45) is 1.91. The third kappa shape index (κ3) is 3.83. The molecule has 0 radical (unpaired) electrons. The van der Waals surface area contributed by atoms with Gasteiger partial charge in [0.15, 0.2) is 0 Å². The molecule has 0 aliphatic carbocycles. The van der Waals surface area contributed by atoms with Crippen LogP contribution in [0.15, 0.2) is 23.1 Å². The van der Waals surface area contributed by atoms with Crippen LogP contribution >= 0.6 is 12.4 Å². The van der Waals surface area contributed by atoms with Crippen molar-refractivity contribution in [1.82, 2.24) is 9.47 Å². The van der Waals surface area contributed by atoms with Crippen LogP contribution in [-0.2, 0) is 11.3 Å². The summed E-state index contributed by atoms with van der Waals surface area (Å²) >= 11 is 0. The Morgan fingerprint density at radius 2 is 2.18 bits per heavy atom. The van der Waals surface area contributed by atoms with Crippen molar-refractivity contribution in [1.29, 1.82) is 0 Å². The van der Waals surface area contributed by atoms with Gasteiger partial charge in [-0.15, -0.1) is 12.4 Å². The molecule has 0 spiro atoms. The molecule has 8 nitrogen and oxygen atoms in total. The highest BCUT2D eigenvalue weighted by atomic mass is 35.5. The number of carbonyl (C=O) groups is 1. The summed E-state index contributed by atoms with van der Waals surface area (Å²) in [7, 11) is 0. The fourth-order valence-electron chi connectivity index (χ4n) is 2.40. The van der Waals surface area contributed by atoms with E-state index in [0.29, 0.717) is 19.6 Å². The lowest BCUT2D eigenvalue weighted by Gasteiger charge is -2.22. The van der Waals surface area contributed by atoms with Crippen LogP contribution in [0, 0.1) is 15.5 Å². The van der Waals surface area contributed by atoms with Gasteiger partial charge < -0.3 is 10.6 Å². The average molecular weight is 331 g/mol. The Bertz CT molecular complexity index is 633. The second-order valence-corrected chi connectivity index (χ2v) is 5.69. The van der Waals surface area contributed by atoms with E-state index >= 15 is 0 Å². The zero-order valence-corrected chi connectivity index (χ0v) is 13.0. The van der Waals surface area contributed by atoms with Gasteiger partial charge in [0, 0.05) is 25.2 Å². The summed E-state index contributed by atoms with van der Waals surface area (Å²) < 4.78 is 1.07. The zero-order valence-electron chi connectivity index (χ0n) is 12.2. The van der Waals surface area contributed by atoms with Crippen LogP contribution < -0.4 is 11.3 Å². The van der Waals surface area contributed by atoms with Crippen molar-refractivity contribution in [3.8, 4) is 0 Å². The molecule has 1 fully saturated rings. The number of halogens is 1. The number of rotatable bonds is 4. The van der Waals surface area contributed by atoms with E-state index in [9.17, 15) is 19.7 Å². The van der Waals surface area contributed by atoms with Crippen LogP contribution in [0.4, 0.5) is 5.69 Å². The smallest absolute Gasteiger partial charge is 0.285 e. The first-order valence-corrected chi connectivity index (χ1v) is 6.67. The van der Waals surface area contributed by atoms with Crippen molar-refractivity contribution in [2.24, 2.45) is 11.1 Å². The number of amides is 1. The maximum absolute atomic E-state index is 12.2. The Balaban J connectivity index is 0.00000242. The summed E-state index contributed by atoms with van der Waals surface area (Å²) in [5.74, 6) is -0.227. The van der Waals surface area contributed by atoms with E-state index in [4.69, 9.17) is 5.73 Å². The van der Waals surface area contributed by atoms with Gasteiger partial charge in [0.25, 0.3) is 11.2 Å². The molecular formula is C13H19ClN4O4. The highest BCUT2D eigenvalue weighted by molar-refractivity contribution is 5.85.